The first-order valence-electron chi connectivity index (χ1n) is 9.91. The first-order chi connectivity index (χ1) is 14.7. The van der Waals surface area contributed by atoms with Gasteiger partial charge in [0.15, 0.2) is 11.5 Å². The number of ether oxygens (including phenoxy) is 3. The fourth-order valence-corrected chi connectivity index (χ4v) is 4.15. The number of carbonyl (C=O) groups is 1. The molecule has 6 heteroatoms. The van der Waals surface area contributed by atoms with E-state index in [2.05, 4.69) is 29.6 Å². The molecule has 1 amide bonds. The molecule has 0 saturated heterocycles. The lowest BCUT2D eigenvalue weighted by Crippen LogP contribution is -2.28. The summed E-state index contributed by atoms with van der Waals surface area (Å²) in [6.07, 6.45) is -0.0239. The third-order valence-electron chi connectivity index (χ3n) is 5.60. The molecule has 30 heavy (non-hydrogen) atoms. The van der Waals surface area contributed by atoms with E-state index < -0.39 is 6.09 Å². The van der Waals surface area contributed by atoms with Gasteiger partial charge in [-0.3, -0.25) is 0 Å². The summed E-state index contributed by atoms with van der Waals surface area (Å²) in [5, 5.41) is 13.0. The molecule has 0 aromatic heterocycles. The molecule has 2 N–H and O–H groups in total. The lowest BCUT2D eigenvalue weighted by molar-refractivity contribution is 0.143. The van der Waals surface area contributed by atoms with Crippen molar-refractivity contribution in [2.45, 2.75) is 12.3 Å². The maximum atomic E-state index is 12.2. The molecule has 0 atom stereocenters. The first-order valence-corrected chi connectivity index (χ1v) is 9.91. The van der Waals surface area contributed by atoms with Crippen molar-refractivity contribution in [3.63, 3.8) is 0 Å². The molecule has 0 unspecified atom stereocenters. The van der Waals surface area contributed by atoms with Crippen molar-refractivity contribution in [2.24, 2.45) is 0 Å². The second-order valence-corrected chi connectivity index (χ2v) is 7.31. The lowest BCUT2D eigenvalue weighted by atomic mass is 9.98. The molecular formula is C24H21NO5. The number of aromatic hydroxyl groups is 1. The highest BCUT2D eigenvalue weighted by Gasteiger charge is 2.29. The van der Waals surface area contributed by atoms with Gasteiger partial charge in [0.05, 0.1) is 0 Å². The summed E-state index contributed by atoms with van der Waals surface area (Å²) < 4.78 is 16.0. The Morgan fingerprint density at radius 2 is 1.70 bits per heavy atom. The van der Waals surface area contributed by atoms with E-state index in [1.807, 2.05) is 24.3 Å². The van der Waals surface area contributed by atoms with Crippen molar-refractivity contribution in [1.82, 2.24) is 5.32 Å². The van der Waals surface area contributed by atoms with E-state index in [0.29, 0.717) is 30.0 Å². The second-order valence-electron chi connectivity index (χ2n) is 7.31. The number of hydrogen-bond donors (Lipinski definition) is 2. The number of rotatable bonds is 5. The van der Waals surface area contributed by atoms with E-state index in [0.717, 1.165) is 0 Å². The summed E-state index contributed by atoms with van der Waals surface area (Å²) in [6, 6.07) is 20.0. The number of hydrogen-bond acceptors (Lipinski definition) is 5. The molecule has 0 bridgehead atoms. The van der Waals surface area contributed by atoms with Crippen LogP contribution in [0.25, 0.3) is 11.1 Å². The Hall–Kier alpha value is -3.67. The molecule has 0 fully saturated rings. The number of alkyl carbamates (subject to hydrolysis) is 1. The summed E-state index contributed by atoms with van der Waals surface area (Å²) in [5.74, 6) is 0.967. The minimum atomic E-state index is -0.475. The van der Waals surface area contributed by atoms with E-state index in [1.54, 1.807) is 12.1 Å². The van der Waals surface area contributed by atoms with E-state index in [-0.39, 0.29) is 25.1 Å². The third-order valence-corrected chi connectivity index (χ3v) is 5.60. The van der Waals surface area contributed by atoms with Gasteiger partial charge >= 0.3 is 6.09 Å². The van der Waals surface area contributed by atoms with E-state index in [9.17, 15) is 9.90 Å². The summed E-state index contributed by atoms with van der Waals surface area (Å²) in [7, 11) is 0. The van der Waals surface area contributed by atoms with Crippen LogP contribution in [0.1, 0.15) is 22.6 Å². The van der Waals surface area contributed by atoms with Crippen LogP contribution in [-0.2, 0) is 11.2 Å². The summed E-state index contributed by atoms with van der Waals surface area (Å²) in [6.45, 7) is 0.712. The van der Waals surface area contributed by atoms with Gasteiger partial charge in [-0.05, 0) is 40.3 Å². The Bertz CT molecular complexity index is 1070. The highest BCUT2D eigenvalue weighted by Crippen LogP contribution is 2.44. The molecule has 0 radical (unpaired) electrons. The van der Waals surface area contributed by atoms with Crippen LogP contribution in [0.15, 0.2) is 60.7 Å². The number of phenols is 1. The maximum Gasteiger partial charge on any atom is 0.407 e. The van der Waals surface area contributed by atoms with Crippen LogP contribution in [0.3, 0.4) is 0 Å². The summed E-state index contributed by atoms with van der Waals surface area (Å²) >= 11 is 0. The first kappa shape index (κ1) is 18.4. The molecule has 1 aliphatic heterocycles. The SMILES string of the molecule is O=C(NCCc1ccc2c(c1O)OCO2)OCC1c2ccccc2-c2ccccc21. The topological polar surface area (TPSA) is 77.0 Å². The van der Waals surface area contributed by atoms with Gasteiger partial charge in [0, 0.05) is 12.5 Å². The molecule has 6 nitrogen and oxygen atoms in total. The fourth-order valence-electron chi connectivity index (χ4n) is 4.15. The van der Waals surface area contributed by atoms with Crippen molar-refractivity contribution >= 4 is 6.09 Å². The smallest absolute Gasteiger partial charge is 0.407 e. The van der Waals surface area contributed by atoms with Crippen LogP contribution in [0, 0.1) is 0 Å². The number of amides is 1. The normalized spacial score (nSPS) is 13.6. The van der Waals surface area contributed by atoms with Gasteiger partial charge in [-0.25, -0.2) is 4.79 Å². The van der Waals surface area contributed by atoms with Crippen molar-refractivity contribution in [2.75, 3.05) is 19.9 Å². The highest BCUT2D eigenvalue weighted by atomic mass is 16.7. The predicted octanol–water partition coefficient (Wildman–Crippen LogP) is 4.20. The van der Waals surface area contributed by atoms with Gasteiger partial charge in [0.25, 0.3) is 0 Å². The number of fused-ring (bicyclic) bond motifs is 4. The molecule has 3 aromatic carbocycles. The Morgan fingerprint density at radius 1 is 1.00 bits per heavy atom. The number of carbonyl (C=O) groups excluding carboxylic acids is 1. The standard InChI is InChI=1S/C24H21NO5/c26-22-15(9-10-21-23(22)30-14-29-21)11-12-25-24(27)28-13-20-18-7-3-1-5-16(18)17-6-2-4-8-19(17)20/h1-10,20,26H,11-14H2,(H,25,27). The van der Waals surface area contributed by atoms with Crippen LogP contribution in [0.5, 0.6) is 17.2 Å². The Kier molecular flexibility index (Phi) is 4.67. The Balaban J connectivity index is 1.19. The van der Waals surface area contributed by atoms with Crippen molar-refractivity contribution in [3.8, 4) is 28.4 Å². The molecule has 2 aliphatic rings. The minimum Gasteiger partial charge on any atom is -0.504 e. The third kappa shape index (κ3) is 3.20. The van der Waals surface area contributed by atoms with Crippen LogP contribution in [0.2, 0.25) is 0 Å². The van der Waals surface area contributed by atoms with E-state index in [1.165, 1.54) is 22.3 Å². The highest BCUT2D eigenvalue weighted by molar-refractivity contribution is 5.79. The average Bonchev–Trinajstić information content (AvgIpc) is 3.37. The molecule has 1 aliphatic carbocycles. The van der Waals surface area contributed by atoms with Gasteiger partial charge in [0.2, 0.25) is 12.5 Å². The molecule has 3 aromatic rings. The largest absolute Gasteiger partial charge is 0.504 e. The number of benzene rings is 3. The lowest BCUT2D eigenvalue weighted by Gasteiger charge is -2.14. The van der Waals surface area contributed by atoms with Crippen molar-refractivity contribution in [1.29, 1.82) is 0 Å². The zero-order valence-electron chi connectivity index (χ0n) is 16.3. The molecule has 0 spiro atoms. The predicted molar refractivity (Wildman–Crippen MR) is 111 cm³/mol. The average molecular weight is 403 g/mol. The fraction of sp³-hybridized carbons (Fsp3) is 0.208. The Morgan fingerprint density at radius 3 is 2.43 bits per heavy atom. The molecule has 1 heterocycles. The number of nitrogens with one attached hydrogen (secondary N) is 1. The molecule has 152 valence electrons. The zero-order chi connectivity index (χ0) is 20.5. The van der Waals surface area contributed by atoms with Crippen LogP contribution in [0.4, 0.5) is 4.79 Å². The van der Waals surface area contributed by atoms with Gasteiger partial charge < -0.3 is 24.6 Å². The second kappa shape index (κ2) is 7.63. The molecular weight excluding hydrogens is 382 g/mol. The van der Waals surface area contributed by atoms with Gasteiger partial charge in [0.1, 0.15) is 6.61 Å². The van der Waals surface area contributed by atoms with Crippen molar-refractivity contribution < 1.29 is 24.1 Å². The van der Waals surface area contributed by atoms with Gasteiger partial charge in [-0.2, -0.15) is 0 Å². The van der Waals surface area contributed by atoms with E-state index in [4.69, 9.17) is 14.2 Å². The summed E-state index contributed by atoms with van der Waals surface area (Å²) in [4.78, 5) is 12.2. The molecule has 5 rings (SSSR count). The quantitative estimate of drug-likeness (QED) is 0.668. The van der Waals surface area contributed by atoms with Crippen LogP contribution < -0.4 is 14.8 Å². The zero-order valence-corrected chi connectivity index (χ0v) is 16.3. The summed E-state index contributed by atoms with van der Waals surface area (Å²) in [5.41, 5.74) is 5.42. The van der Waals surface area contributed by atoms with Gasteiger partial charge in [-0.1, -0.05) is 54.6 Å². The van der Waals surface area contributed by atoms with Gasteiger partial charge in [-0.15, -0.1) is 0 Å². The van der Waals surface area contributed by atoms with Crippen molar-refractivity contribution in [3.05, 3.63) is 77.4 Å². The molecule has 0 saturated carbocycles. The number of phenolic OH excluding ortho intramolecular Hbond substituents is 1. The van der Waals surface area contributed by atoms with Crippen LogP contribution in [-0.4, -0.2) is 31.1 Å². The minimum absolute atomic E-state index is 0.0288. The van der Waals surface area contributed by atoms with Crippen LogP contribution >= 0.6 is 0 Å². The Labute approximate surface area is 174 Å². The monoisotopic (exact) mass is 403 g/mol. The maximum absolute atomic E-state index is 12.2. The van der Waals surface area contributed by atoms with E-state index >= 15 is 0 Å².